The number of benzene rings is 1. The second-order valence-electron chi connectivity index (χ2n) is 2.65. The van der Waals surface area contributed by atoms with Gasteiger partial charge in [0.2, 0.25) is 5.91 Å². The molecular formula is C9H9ClN2OS. The molecule has 0 aliphatic rings. The molecule has 0 radical (unpaired) electrons. The summed E-state index contributed by atoms with van der Waals surface area (Å²) in [5.41, 5.74) is 0.747. The molecule has 0 heterocycles. The fraction of sp³-hybridized carbons (Fsp3) is 0.111. The largest absolute Gasteiger partial charge is 0.332 e. The molecule has 0 saturated carbocycles. The topological polar surface area (TPSA) is 41.1 Å². The molecule has 0 fully saturated rings. The molecule has 1 amide bonds. The van der Waals surface area contributed by atoms with Crippen LogP contribution in [-0.2, 0) is 4.79 Å². The summed E-state index contributed by atoms with van der Waals surface area (Å²) in [4.78, 5) is 10.6. The Morgan fingerprint density at radius 1 is 1.50 bits per heavy atom. The molecule has 0 aromatic heterocycles. The van der Waals surface area contributed by atoms with Crippen LogP contribution in [0, 0.1) is 0 Å². The first-order valence-electron chi connectivity index (χ1n) is 3.92. The first-order chi connectivity index (χ1) is 6.58. The molecule has 1 aromatic carbocycles. The van der Waals surface area contributed by atoms with Crippen molar-refractivity contribution in [1.82, 2.24) is 5.32 Å². The lowest BCUT2D eigenvalue weighted by atomic mass is 10.3. The van der Waals surface area contributed by atoms with E-state index in [0.717, 1.165) is 5.69 Å². The van der Waals surface area contributed by atoms with E-state index in [1.54, 1.807) is 24.3 Å². The van der Waals surface area contributed by atoms with Crippen LogP contribution in [0.4, 0.5) is 5.69 Å². The highest BCUT2D eigenvalue weighted by Crippen LogP contribution is 2.14. The monoisotopic (exact) mass is 228 g/mol. The van der Waals surface area contributed by atoms with Gasteiger partial charge >= 0.3 is 0 Å². The maximum Gasteiger partial charge on any atom is 0.222 e. The Labute approximate surface area is 92.4 Å². The quantitative estimate of drug-likeness (QED) is 0.724. The van der Waals surface area contributed by atoms with E-state index in [4.69, 9.17) is 23.8 Å². The summed E-state index contributed by atoms with van der Waals surface area (Å²) in [6.07, 6.45) is 0. The third-order valence-electron chi connectivity index (χ3n) is 1.37. The summed E-state index contributed by atoms with van der Waals surface area (Å²) in [6, 6.07) is 7.07. The molecule has 0 aliphatic heterocycles. The molecule has 2 N–H and O–H groups in total. The second-order valence-corrected chi connectivity index (χ2v) is 3.49. The van der Waals surface area contributed by atoms with Crippen LogP contribution in [0.1, 0.15) is 6.92 Å². The summed E-state index contributed by atoms with van der Waals surface area (Å²) in [7, 11) is 0. The summed E-state index contributed by atoms with van der Waals surface area (Å²) in [5, 5.41) is 6.15. The molecule has 3 nitrogen and oxygen atoms in total. The van der Waals surface area contributed by atoms with Gasteiger partial charge in [-0.1, -0.05) is 17.7 Å². The van der Waals surface area contributed by atoms with E-state index < -0.39 is 0 Å². The normalized spacial score (nSPS) is 9.29. The van der Waals surface area contributed by atoms with Crippen molar-refractivity contribution < 1.29 is 4.79 Å². The maximum atomic E-state index is 10.6. The smallest absolute Gasteiger partial charge is 0.222 e. The van der Waals surface area contributed by atoms with Crippen LogP contribution in [0.15, 0.2) is 24.3 Å². The van der Waals surface area contributed by atoms with Crippen molar-refractivity contribution in [1.29, 1.82) is 0 Å². The van der Waals surface area contributed by atoms with Crippen molar-refractivity contribution in [3.05, 3.63) is 29.3 Å². The summed E-state index contributed by atoms with van der Waals surface area (Å²) >= 11 is 10.6. The van der Waals surface area contributed by atoms with Crippen LogP contribution in [0.2, 0.25) is 5.02 Å². The number of hydrogen-bond acceptors (Lipinski definition) is 2. The third kappa shape index (κ3) is 3.72. The van der Waals surface area contributed by atoms with Crippen molar-refractivity contribution in [2.75, 3.05) is 5.32 Å². The van der Waals surface area contributed by atoms with E-state index in [2.05, 4.69) is 10.6 Å². The molecule has 0 spiro atoms. The van der Waals surface area contributed by atoms with Crippen molar-refractivity contribution in [3.8, 4) is 0 Å². The molecule has 0 aliphatic carbocycles. The predicted octanol–water partition coefficient (Wildman–Crippen LogP) is 2.17. The Balaban J connectivity index is 2.60. The van der Waals surface area contributed by atoms with E-state index in [1.807, 2.05) is 0 Å². The highest BCUT2D eigenvalue weighted by molar-refractivity contribution is 7.80. The average Bonchev–Trinajstić information content (AvgIpc) is 2.01. The number of amides is 1. The molecule has 74 valence electrons. The zero-order valence-electron chi connectivity index (χ0n) is 7.50. The first kappa shape index (κ1) is 10.9. The van der Waals surface area contributed by atoms with Crippen molar-refractivity contribution in [3.63, 3.8) is 0 Å². The van der Waals surface area contributed by atoms with E-state index >= 15 is 0 Å². The minimum absolute atomic E-state index is 0.204. The van der Waals surface area contributed by atoms with Gasteiger partial charge in [-0.25, -0.2) is 0 Å². The van der Waals surface area contributed by atoms with Crippen LogP contribution in [0.5, 0.6) is 0 Å². The number of hydrogen-bond donors (Lipinski definition) is 2. The van der Waals surface area contributed by atoms with Crippen molar-refractivity contribution in [2.24, 2.45) is 0 Å². The number of thiocarbonyl (C=S) groups is 1. The molecule has 14 heavy (non-hydrogen) atoms. The fourth-order valence-electron chi connectivity index (χ4n) is 0.888. The van der Waals surface area contributed by atoms with E-state index in [9.17, 15) is 4.79 Å². The number of nitrogens with one attached hydrogen (secondary N) is 2. The Hall–Kier alpha value is -1.13. The van der Waals surface area contributed by atoms with E-state index in [1.165, 1.54) is 6.92 Å². The molecular weight excluding hydrogens is 220 g/mol. The standard InChI is InChI=1S/C9H9ClN2OS/c1-6(13)11-9(14)12-8-4-2-3-7(10)5-8/h2-5H,1H3,(H2,11,12,13,14). The SMILES string of the molecule is CC(=O)NC(=S)Nc1cccc(Cl)c1. The lowest BCUT2D eigenvalue weighted by Crippen LogP contribution is -2.32. The van der Waals surface area contributed by atoms with Crippen LogP contribution in [0.25, 0.3) is 0 Å². The number of halogens is 1. The molecule has 1 aromatic rings. The summed E-state index contributed by atoms with van der Waals surface area (Å²) in [5.74, 6) is -0.204. The van der Waals surface area contributed by atoms with Gasteiger partial charge in [-0.2, -0.15) is 0 Å². The maximum absolute atomic E-state index is 10.6. The third-order valence-corrected chi connectivity index (χ3v) is 1.81. The molecule has 5 heteroatoms. The summed E-state index contributed by atoms with van der Waals surface area (Å²) in [6.45, 7) is 1.39. The highest BCUT2D eigenvalue weighted by atomic mass is 35.5. The number of rotatable bonds is 1. The van der Waals surface area contributed by atoms with Gasteiger partial charge in [0.15, 0.2) is 5.11 Å². The first-order valence-corrected chi connectivity index (χ1v) is 4.70. The van der Waals surface area contributed by atoms with Gasteiger partial charge in [0.05, 0.1) is 0 Å². The molecule has 0 unspecified atom stereocenters. The second kappa shape index (κ2) is 4.93. The molecule has 0 atom stereocenters. The molecule has 1 rings (SSSR count). The van der Waals surface area contributed by atoms with Crippen LogP contribution < -0.4 is 10.6 Å². The summed E-state index contributed by atoms with van der Waals surface area (Å²) < 4.78 is 0. The minimum atomic E-state index is -0.204. The van der Waals surface area contributed by atoms with E-state index in [0.29, 0.717) is 5.02 Å². The van der Waals surface area contributed by atoms with Crippen molar-refractivity contribution >= 4 is 40.5 Å². The Morgan fingerprint density at radius 2 is 2.21 bits per heavy atom. The zero-order valence-corrected chi connectivity index (χ0v) is 9.08. The zero-order chi connectivity index (χ0) is 10.6. The van der Waals surface area contributed by atoms with Crippen molar-refractivity contribution in [2.45, 2.75) is 6.92 Å². The highest BCUT2D eigenvalue weighted by Gasteiger charge is 1.99. The Kier molecular flexibility index (Phi) is 3.85. The van der Waals surface area contributed by atoms with Gasteiger partial charge in [-0.3, -0.25) is 4.79 Å². The molecule has 0 bridgehead atoms. The van der Waals surface area contributed by atoms with Gasteiger partial charge in [0.1, 0.15) is 0 Å². The van der Waals surface area contributed by atoms with Gasteiger partial charge in [0, 0.05) is 17.6 Å². The lowest BCUT2D eigenvalue weighted by Gasteiger charge is -2.07. The Morgan fingerprint density at radius 3 is 2.79 bits per heavy atom. The van der Waals surface area contributed by atoms with Gasteiger partial charge < -0.3 is 10.6 Å². The van der Waals surface area contributed by atoms with E-state index in [-0.39, 0.29) is 11.0 Å². The van der Waals surface area contributed by atoms with Gasteiger partial charge in [0.25, 0.3) is 0 Å². The lowest BCUT2D eigenvalue weighted by molar-refractivity contribution is -0.117. The fourth-order valence-corrected chi connectivity index (χ4v) is 1.34. The molecule has 0 saturated heterocycles. The number of anilines is 1. The van der Waals surface area contributed by atoms with Crippen LogP contribution >= 0.6 is 23.8 Å². The number of carbonyl (C=O) groups is 1. The predicted molar refractivity (Wildman–Crippen MR) is 61.5 cm³/mol. The van der Waals surface area contributed by atoms with Crippen LogP contribution in [-0.4, -0.2) is 11.0 Å². The van der Waals surface area contributed by atoms with Crippen LogP contribution in [0.3, 0.4) is 0 Å². The minimum Gasteiger partial charge on any atom is -0.332 e. The Bertz CT molecular complexity index is 368. The van der Waals surface area contributed by atoms with Gasteiger partial charge in [-0.15, -0.1) is 0 Å². The number of carbonyl (C=O) groups excluding carboxylic acids is 1. The van der Waals surface area contributed by atoms with Gasteiger partial charge in [-0.05, 0) is 30.4 Å². The average molecular weight is 229 g/mol.